The summed E-state index contributed by atoms with van der Waals surface area (Å²) in [6.07, 6.45) is 1.74. The van der Waals surface area contributed by atoms with Crippen LogP contribution in [0.25, 0.3) is 11.4 Å². The summed E-state index contributed by atoms with van der Waals surface area (Å²) in [5.41, 5.74) is 3.62. The van der Waals surface area contributed by atoms with Crippen LogP contribution in [0.2, 0.25) is 0 Å². The number of carbonyl (C=O) groups excluding carboxylic acids is 1. The van der Waals surface area contributed by atoms with E-state index >= 15 is 0 Å². The summed E-state index contributed by atoms with van der Waals surface area (Å²) in [5.74, 6) is 0.188. The number of aromatic nitrogens is 3. The molecule has 0 radical (unpaired) electrons. The number of hydrogen-bond donors (Lipinski definition) is 1. The van der Waals surface area contributed by atoms with Crippen LogP contribution < -0.4 is 5.32 Å². The van der Waals surface area contributed by atoms with Crippen LogP contribution in [0.5, 0.6) is 0 Å². The molecule has 0 bridgehead atoms. The summed E-state index contributed by atoms with van der Waals surface area (Å²) in [6.45, 7) is 10.0. The first-order valence-electron chi connectivity index (χ1n) is 9.24. The Balaban J connectivity index is 1.81. The van der Waals surface area contributed by atoms with E-state index in [1.54, 1.807) is 18.2 Å². The number of aryl methyl sites for hydroxylation is 2. The number of anilines is 1. The lowest BCUT2D eigenvalue weighted by molar-refractivity contribution is -0.115. The molecule has 1 amide bonds. The zero-order chi connectivity index (χ0) is 21.0. The van der Waals surface area contributed by atoms with E-state index in [2.05, 4.69) is 22.1 Å². The number of hydrogen-bond acceptors (Lipinski definition) is 4. The van der Waals surface area contributed by atoms with Gasteiger partial charge in [0.1, 0.15) is 5.82 Å². The molecule has 3 aromatic rings. The topological polar surface area (TPSA) is 59.8 Å². The molecular weight excluding hydrogens is 387 g/mol. The third-order valence-corrected chi connectivity index (χ3v) is 5.59. The number of carbonyl (C=O) groups is 1. The molecule has 7 heteroatoms. The summed E-state index contributed by atoms with van der Waals surface area (Å²) in [4.78, 5) is 12.8. The van der Waals surface area contributed by atoms with E-state index in [4.69, 9.17) is 0 Å². The molecule has 5 nitrogen and oxygen atoms in total. The first-order valence-corrected chi connectivity index (χ1v) is 10.1. The lowest BCUT2D eigenvalue weighted by atomic mass is 10.1. The maximum absolute atomic E-state index is 13.2. The number of nitrogens with one attached hydrogen (secondary N) is 1. The maximum Gasteiger partial charge on any atom is 0.237 e. The van der Waals surface area contributed by atoms with E-state index in [9.17, 15) is 9.18 Å². The molecule has 0 spiro atoms. The zero-order valence-electron chi connectivity index (χ0n) is 16.6. The number of allylic oxidation sites excluding steroid dienone is 1. The molecule has 0 aliphatic heterocycles. The van der Waals surface area contributed by atoms with Crippen LogP contribution in [0.4, 0.5) is 10.1 Å². The quantitative estimate of drug-likeness (QED) is 0.440. The smallest absolute Gasteiger partial charge is 0.237 e. The van der Waals surface area contributed by atoms with E-state index in [0.29, 0.717) is 17.5 Å². The van der Waals surface area contributed by atoms with Crippen LogP contribution in [0.1, 0.15) is 18.1 Å². The van der Waals surface area contributed by atoms with Crippen molar-refractivity contribution in [1.29, 1.82) is 0 Å². The van der Waals surface area contributed by atoms with Gasteiger partial charge >= 0.3 is 0 Å². The van der Waals surface area contributed by atoms with Gasteiger partial charge in [-0.1, -0.05) is 36.0 Å². The van der Waals surface area contributed by atoms with Crippen molar-refractivity contribution in [3.8, 4) is 11.4 Å². The van der Waals surface area contributed by atoms with E-state index < -0.39 is 0 Å². The van der Waals surface area contributed by atoms with Crippen LogP contribution >= 0.6 is 11.8 Å². The predicted octanol–water partition coefficient (Wildman–Crippen LogP) is 5.01. The SMILES string of the molecule is C=CCn1c(S[C@H](C)C(=O)Nc2c(C)cccc2C)nnc1-c1ccc(F)cc1. The van der Waals surface area contributed by atoms with Gasteiger partial charge in [0.05, 0.1) is 5.25 Å². The second-order valence-corrected chi connectivity index (χ2v) is 8.04. The Morgan fingerprint density at radius 1 is 1.21 bits per heavy atom. The van der Waals surface area contributed by atoms with Gasteiger partial charge in [-0.05, 0) is 56.2 Å². The molecule has 0 saturated carbocycles. The van der Waals surface area contributed by atoms with Gasteiger partial charge in [0.2, 0.25) is 5.91 Å². The highest BCUT2D eigenvalue weighted by Crippen LogP contribution is 2.28. The summed E-state index contributed by atoms with van der Waals surface area (Å²) < 4.78 is 15.1. The van der Waals surface area contributed by atoms with Crippen molar-refractivity contribution < 1.29 is 9.18 Å². The molecule has 150 valence electrons. The number of para-hydroxylation sites is 1. The van der Waals surface area contributed by atoms with Gasteiger partial charge in [-0.15, -0.1) is 16.8 Å². The first kappa shape index (κ1) is 20.8. The number of thioether (sulfide) groups is 1. The molecule has 1 atom stereocenters. The average Bonchev–Trinajstić information content (AvgIpc) is 3.08. The molecule has 0 aliphatic carbocycles. The second-order valence-electron chi connectivity index (χ2n) is 6.73. The lowest BCUT2D eigenvalue weighted by Crippen LogP contribution is -2.24. The summed E-state index contributed by atoms with van der Waals surface area (Å²) in [7, 11) is 0. The van der Waals surface area contributed by atoms with Gasteiger partial charge in [-0.3, -0.25) is 9.36 Å². The molecule has 29 heavy (non-hydrogen) atoms. The van der Waals surface area contributed by atoms with E-state index in [-0.39, 0.29) is 17.0 Å². The molecule has 1 aromatic heterocycles. The van der Waals surface area contributed by atoms with Gasteiger partial charge in [0.25, 0.3) is 0 Å². The number of amides is 1. The molecule has 0 aliphatic rings. The third-order valence-electron chi connectivity index (χ3n) is 4.51. The Kier molecular flexibility index (Phi) is 6.49. The van der Waals surface area contributed by atoms with Gasteiger partial charge in [-0.2, -0.15) is 0 Å². The number of benzene rings is 2. The van der Waals surface area contributed by atoms with E-state index in [0.717, 1.165) is 22.4 Å². The van der Waals surface area contributed by atoms with Crippen LogP contribution in [0.3, 0.4) is 0 Å². The minimum absolute atomic E-state index is 0.108. The Hall–Kier alpha value is -2.93. The van der Waals surface area contributed by atoms with Crippen LogP contribution in [0, 0.1) is 19.7 Å². The molecule has 1 heterocycles. The van der Waals surface area contributed by atoms with Gasteiger partial charge < -0.3 is 5.32 Å². The Labute approximate surface area is 174 Å². The van der Waals surface area contributed by atoms with E-state index in [1.807, 2.05) is 43.5 Å². The van der Waals surface area contributed by atoms with Gasteiger partial charge in [-0.25, -0.2) is 4.39 Å². The fourth-order valence-corrected chi connectivity index (χ4v) is 3.79. The highest BCUT2D eigenvalue weighted by atomic mass is 32.2. The molecule has 1 N–H and O–H groups in total. The summed E-state index contributed by atoms with van der Waals surface area (Å²) >= 11 is 1.32. The van der Waals surface area contributed by atoms with Crippen LogP contribution in [-0.4, -0.2) is 25.9 Å². The minimum atomic E-state index is -0.386. The van der Waals surface area contributed by atoms with Crippen molar-refractivity contribution in [1.82, 2.24) is 14.8 Å². The normalized spacial score (nSPS) is 11.9. The van der Waals surface area contributed by atoms with Crippen molar-refractivity contribution >= 4 is 23.4 Å². The standard InChI is InChI=1S/C22H23FN4OS/c1-5-13-27-20(17-9-11-18(23)12-10-17)25-26-22(27)29-16(4)21(28)24-19-14(2)7-6-8-15(19)3/h5-12,16H,1,13H2,2-4H3,(H,24,28)/t16-/m1/s1. The molecule has 0 unspecified atom stereocenters. The van der Waals surface area contributed by atoms with Gasteiger partial charge in [0.15, 0.2) is 11.0 Å². The van der Waals surface area contributed by atoms with Crippen LogP contribution in [0.15, 0.2) is 60.3 Å². The largest absolute Gasteiger partial charge is 0.325 e. The van der Waals surface area contributed by atoms with Crippen molar-refractivity contribution in [2.45, 2.75) is 37.7 Å². The Morgan fingerprint density at radius 3 is 2.48 bits per heavy atom. The highest BCUT2D eigenvalue weighted by Gasteiger charge is 2.21. The average molecular weight is 411 g/mol. The fraction of sp³-hybridized carbons (Fsp3) is 0.227. The molecule has 0 saturated heterocycles. The van der Waals surface area contributed by atoms with Crippen molar-refractivity contribution in [2.24, 2.45) is 0 Å². The van der Waals surface area contributed by atoms with Crippen molar-refractivity contribution in [3.05, 3.63) is 72.1 Å². The lowest BCUT2D eigenvalue weighted by Gasteiger charge is -2.15. The number of halogens is 1. The second kappa shape index (κ2) is 9.05. The third kappa shape index (κ3) is 4.74. The summed E-state index contributed by atoms with van der Waals surface area (Å²) in [5, 5.41) is 11.7. The van der Waals surface area contributed by atoms with Crippen molar-refractivity contribution in [3.63, 3.8) is 0 Å². The highest BCUT2D eigenvalue weighted by molar-refractivity contribution is 8.00. The zero-order valence-corrected chi connectivity index (χ0v) is 17.5. The van der Waals surface area contributed by atoms with Crippen LogP contribution in [-0.2, 0) is 11.3 Å². The van der Waals surface area contributed by atoms with Crippen molar-refractivity contribution in [2.75, 3.05) is 5.32 Å². The Bertz CT molecular complexity index is 1010. The minimum Gasteiger partial charge on any atom is -0.325 e. The maximum atomic E-state index is 13.2. The number of nitrogens with zero attached hydrogens (tertiary/aromatic N) is 3. The fourth-order valence-electron chi connectivity index (χ4n) is 2.93. The monoisotopic (exact) mass is 410 g/mol. The molecule has 3 rings (SSSR count). The Morgan fingerprint density at radius 2 is 1.86 bits per heavy atom. The summed E-state index contributed by atoms with van der Waals surface area (Å²) in [6, 6.07) is 12.0. The predicted molar refractivity (Wildman–Crippen MR) is 115 cm³/mol. The molecular formula is C22H23FN4OS. The molecule has 0 fully saturated rings. The number of rotatable bonds is 7. The van der Waals surface area contributed by atoms with Gasteiger partial charge in [0, 0.05) is 17.8 Å². The van der Waals surface area contributed by atoms with E-state index in [1.165, 1.54) is 23.9 Å². The molecule has 2 aromatic carbocycles. The first-order chi connectivity index (χ1) is 13.9.